The van der Waals surface area contributed by atoms with Crippen LogP contribution in [0.3, 0.4) is 0 Å². The molecule has 1 heterocycles. The van der Waals surface area contributed by atoms with Crippen molar-refractivity contribution >= 4 is 23.1 Å². The second kappa shape index (κ2) is 5.34. The summed E-state index contributed by atoms with van der Waals surface area (Å²) >= 11 is 5.85. The predicted molar refractivity (Wildman–Crippen MR) is 69.7 cm³/mol. The van der Waals surface area contributed by atoms with Gasteiger partial charge in [0, 0.05) is 18.1 Å². The minimum atomic E-state index is -0.270. The molecule has 1 aliphatic rings. The van der Waals surface area contributed by atoms with Crippen LogP contribution >= 0.6 is 11.6 Å². The predicted octanol–water partition coefficient (Wildman–Crippen LogP) is 1.91. The van der Waals surface area contributed by atoms with Crippen LogP contribution in [0.1, 0.15) is 12.0 Å². The number of nitrogens with zero attached hydrogens (tertiary/aromatic N) is 1. The molecule has 2 rings (SSSR count). The molecule has 0 saturated carbocycles. The molecule has 1 amide bonds. The Morgan fingerprint density at radius 3 is 2.59 bits per heavy atom. The molecule has 0 aromatic heterocycles. The minimum Gasteiger partial charge on any atom is -0.369 e. The lowest BCUT2D eigenvalue weighted by Gasteiger charge is -2.25. The summed E-state index contributed by atoms with van der Waals surface area (Å²) in [6.07, 6.45) is 3.09. The summed E-state index contributed by atoms with van der Waals surface area (Å²) in [4.78, 5) is 12.8. The summed E-state index contributed by atoms with van der Waals surface area (Å²) in [7, 11) is 0. The van der Waals surface area contributed by atoms with Crippen LogP contribution in [0.4, 0.5) is 0 Å². The standard InChI is InChI=1S/C13H15ClN2O/c14-12-3-1-10(2-4-12)11-5-7-16(8-6-11)9-13(15)17/h1-5H,6-9H2,(H2,15,17). The van der Waals surface area contributed by atoms with Gasteiger partial charge in [0.1, 0.15) is 0 Å². The molecule has 0 saturated heterocycles. The molecular formula is C13H15ClN2O. The van der Waals surface area contributed by atoms with E-state index in [1.165, 1.54) is 11.1 Å². The lowest BCUT2D eigenvalue weighted by molar-refractivity contribution is -0.119. The second-order valence-corrected chi connectivity index (χ2v) is 4.62. The van der Waals surface area contributed by atoms with Crippen LogP contribution in [0, 0.1) is 0 Å². The molecule has 0 radical (unpaired) electrons. The second-order valence-electron chi connectivity index (χ2n) is 4.19. The van der Waals surface area contributed by atoms with Gasteiger partial charge in [0.15, 0.2) is 0 Å². The Morgan fingerprint density at radius 1 is 1.35 bits per heavy atom. The number of amides is 1. The van der Waals surface area contributed by atoms with Crippen molar-refractivity contribution in [1.82, 2.24) is 4.90 Å². The van der Waals surface area contributed by atoms with Gasteiger partial charge in [-0.15, -0.1) is 0 Å². The Balaban J connectivity index is 2.03. The Morgan fingerprint density at radius 2 is 2.06 bits per heavy atom. The highest BCUT2D eigenvalue weighted by Crippen LogP contribution is 2.23. The average Bonchev–Trinajstić information content (AvgIpc) is 2.30. The first-order valence-corrected chi connectivity index (χ1v) is 5.98. The number of carbonyl (C=O) groups excluding carboxylic acids is 1. The van der Waals surface area contributed by atoms with E-state index in [1.54, 1.807) is 0 Å². The van der Waals surface area contributed by atoms with E-state index in [2.05, 4.69) is 6.08 Å². The molecule has 90 valence electrons. The SMILES string of the molecule is NC(=O)CN1CC=C(c2ccc(Cl)cc2)CC1. The molecule has 0 bridgehead atoms. The van der Waals surface area contributed by atoms with Gasteiger partial charge in [0.2, 0.25) is 5.91 Å². The number of nitrogens with two attached hydrogens (primary N) is 1. The van der Waals surface area contributed by atoms with Crippen LogP contribution in [0.2, 0.25) is 5.02 Å². The summed E-state index contributed by atoms with van der Waals surface area (Å²) in [5.74, 6) is -0.270. The highest BCUT2D eigenvalue weighted by Gasteiger charge is 2.14. The zero-order valence-electron chi connectivity index (χ0n) is 9.53. The quantitative estimate of drug-likeness (QED) is 0.891. The van der Waals surface area contributed by atoms with Gasteiger partial charge in [-0.3, -0.25) is 9.69 Å². The first-order chi connectivity index (χ1) is 8.15. The third-order valence-corrected chi connectivity index (χ3v) is 3.14. The van der Waals surface area contributed by atoms with Crippen LogP contribution in [-0.4, -0.2) is 30.4 Å². The van der Waals surface area contributed by atoms with Crippen molar-refractivity contribution in [2.45, 2.75) is 6.42 Å². The Kier molecular flexibility index (Phi) is 3.82. The number of benzene rings is 1. The van der Waals surface area contributed by atoms with Crippen molar-refractivity contribution in [3.05, 3.63) is 40.9 Å². The Labute approximate surface area is 106 Å². The fourth-order valence-corrected chi connectivity index (χ4v) is 2.13. The molecular weight excluding hydrogens is 236 g/mol. The normalized spacial score (nSPS) is 16.6. The summed E-state index contributed by atoms with van der Waals surface area (Å²) in [6, 6.07) is 7.84. The summed E-state index contributed by atoms with van der Waals surface area (Å²) in [6.45, 7) is 1.99. The van der Waals surface area contributed by atoms with Gasteiger partial charge in [0.25, 0.3) is 0 Å². The summed E-state index contributed by atoms with van der Waals surface area (Å²) < 4.78 is 0. The fraction of sp³-hybridized carbons (Fsp3) is 0.308. The number of primary amides is 1. The third kappa shape index (κ3) is 3.32. The highest BCUT2D eigenvalue weighted by molar-refractivity contribution is 6.30. The van der Waals surface area contributed by atoms with Crippen molar-refractivity contribution in [1.29, 1.82) is 0 Å². The molecule has 2 N–H and O–H groups in total. The maximum atomic E-state index is 10.8. The third-order valence-electron chi connectivity index (χ3n) is 2.89. The van der Waals surface area contributed by atoms with E-state index >= 15 is 0 Å². The Hall–Kier alpha value is -1.32. The lowest BCUT2D eigenvalue weighted by Crippen LogP contribution is -2.36. The zero-order chi connectivity index (χ0) is 12.3. The van der Waals surface area contributed by atoms with Gasteiger partial charge in [-0.05, 0) is 29.7 Å². The van der Waals surface area contributed by atoms with Gasteiger partial charge in [-0.25, -0.2) is 0 Å². The van der Waals surface area contributed by atoms with Gasteiger partial charge >= 0.3 is 0 Å². The topological polar surface area (TPSA) is 46.3 Å². The number of halogens is 1. The average molecular weight is 251 g/mol. The summed E-state index contributed by atoms with van der Waals surface area (Å²) in [5, 5.41) is 0.750. The van der Waals surface area contributed by atoms with Crippen molar-refractivity contribution < 1.29 is 4.79 Å². The summed E-state index contributed by atoms with van der Waals surface area (Å²) in [5.41, 5.74) is 7.68. The van der Waals surface area contributed by atoms with Crippen LogP contribution in [0.5, 0.6) is 0 Å². The molecule has 0 unspecified atom stereocenters. The highest BCUT2D eigenvalue weighted by atomic mass is 35.5. The Bertz CT molecular complexity index is 439. The number of hydrogen-bond acceptors (Lipinski definition) is 2. The van der Waals surface area contributed by atoms with E-state index in [1.807, 2.05) is 29.2 Å². The van der Waals surface area contributed by atoms with E-state index in [0.29, 0.717) is 6.54 Å². The molecule has 0 aliphatic carbocycles. The molecule has 1 aromatic rings. The zero-order valence-corrected chi connectivity index (χ0v) is 10.3. The minimum absolute atomic E-state index is 0.270. The van der Waals surface area contributed by atoms with Gasteiger partial charge in [-0.2, -0.15) is 0 Å². The number of carbonyl (C=O) groups is 1. The monoisotopic (exact) mass is 250 g/mol. The maximum absolute atomic E-state index is 10.8. The van der Waals surface area contributed by atoms with E-state index in [-0.39, 0.29) is 5.91 Å². The van der Waals surface area contributed by atoms with E-state index < -0.39 is 0 Å². The van der Waals surface area contributed by atoms with Crippen LogP contribution in [0.15, 0.2) is 30.3 Å². The largest absolute Gasteiger partial charge is 0.369 e. The smallest absolute Gasteiger partial charge is 0.231 e. The van der Waals surface area contributed by atoms with Crippen molar-refractivity contribution in [3.63, 3.8) is 0 Å². The maximum Gasteiger partial charge on any atom is 0.231 e. The fourth-order valence-electron chi connectivity index (χ4n) is 2.00. The first-order valence-electron chi connectivity index (χ1n) is 5.61. The van der Waals surface area contributed by atoms with Gasteiger partial charge in [0.05, 0.1) is 6.54 Å². The first kappa shape index (κ1) is 12.1. The van der Waals surface area contributed by atoms with Crippen molar-refractivity contribution in [2.24, 2.45) is 5.73 Å². The molecule has 0 fully saturated rings. The van der Waals surface area contributed by atoms with Crippen LogP contribution in [0.25, 0.3) is 5.57 Å². The number of hydrogen-bond donors (Lipinski definition) is 1. The lowest BCUT2D eigenvalue weighted by atomic mass is 9.99. The molecule has 4 heteroatoms. The van der Waals surface area contributed by atoms with Crippen LogP contribution in [-0.2, 0) is 4.79 Å². The van der Waals surface area contributed by atoms with Gasteiger partial charge in [-0.1, -0.05) is 29.8 Å². The van der Waals surface area contributed by atoms with Crippen LogP contribution < -0.4 is 5.73 Å². The molecule has 3 nitrogen and oxygen atoms in total. The van der Waals surface area contributed by atoms with Gasteiger partial charge < -0.3 is 5.73 Å². The van der Waals surface area contributed by atoms with E-state index in [9.17, 15) is 4.79 Å². The number of rotatable bonds is 3. The molecule has 17 heavy (non-hydrogen) atoms. The molecule has 1 aliphatic heterocycles. The molecule has 0 atom stereocenters. The van der Waals surface area contributed by atoms with E-state index in [4.69, 9.17) is 17.3 Å². The molecule has 1 aromatic carbocycles. The van der Waals surface area contributed by atoms with Crippen molar-refractivity contribution in [3.8, 4) is 0 Å². The molecule has 0 spiro atoms. The van der Waals surface area contributed by atoms with E-state index in [0.717, 1.165) is 24.5 Å². The van der Waals surface area contributed by atoms with Crippen molar-refractivity contribution in [2.75, 3.05) is 19.6 Å².